The molecule has 0 saturated carbocycles. The molecule has 1 aromatic rings. The summed E-state index contributed by atoms with van der Waals surface area (Å²) in [6.07, 6.45) is 0.506. The monoisotopic (exact) mass is 257 g/mol. The lowest BCUT2D eigenvalue weighted by Crippen LogP contribution is -2.56. The molecule has 19 heavy (non-hydrogen) atoms. The van der Waals surface area contributed by atoms with Crippen LogP contribution in [0.5, 0.6) is 0 Å². The first kappa shape index (κ1) is 13.6. The maximum Gasteiger partial charge on any atom is 0.159 e. The summed E-state index contributed by atoms with van der Waals surface area (Å²) in [5.41, 5.74) is 1.81. The Morgan fingerprint density at radius 1 is 1.42 bits per heavy atom. The first-order valence-corrected chi connectivity index (χ1v) is 6.60. The first-order chi connectivity index (χ1) is 9.13. The van der Waals surface area contributed by atoms with Crippen molar-refractivity contribution in [2.24, 2.45) is 0 Å². The maximum absolute atomic E-state index is 11.3. The van der Waals surface area contributed by atoms with E-state index in [1.165, 1.54) is 0 Å². The first-order valence-electron chi connectivity index (χ1n) is 6.60. The second kappa shape index (κ2) is 5.85. The highest BCUT2D eigenvalue weighted by molar-refractivity contribution is 5.94. The van der Waals surface area contributed by atoms with Gasteiger partial charge >= 0.3 is 0 Å². The summed E-state index contributed by atoms with van der Waals surface area (Å²) < 4.78 is 0. The minimum Gasteiger partial charge on any atom is -0.362 e. The summed E-state index contributed by atoms with van der Waals surface area (Å²) in [5.74, 6) is 0.0773. The van der Waals surface area contributed by atoms with Crippen molar-refractivity contribution in [2.75, 3.05) is 18.0 Å². The van der Waals surface area contributed by atoms with E-state index in [1.54, 1.807) is 6.92 Å². The number of hydrogen-bond acceptors (Lipinski definition) is 4. The highest BCUT2D eigenvalue weighted by atomic mass is 16.1. The third kappa shape index (κ3) is 2.94. The molecule has 1 aliphatic rings. The van der Waals surface area contributed by atoms with Gasteiger partial charge in [0, 0.05) is 30.4 Å². The van der Waals surface area contributed by atoms with Crippen molar-refractivity contribution in [3.8, 4) is 6.07 Å². The van der Waals surface area contributed by atoms with Crippen molar-refractivity contribution in [2.45, 2.75) is 32.4 Å². The molecule has 0 aliphatic carbocycles. The number of nitrogens with one attached hydrogen (secondary N) is 1. The van der Waals surface area contributed by atoms with E-state index in [9.17, 15) is 4.79 Å². The van der Waals surface area contributed by atoms with Crippen LogP contribution in [0.15, 0.2) is 24.3 Å². The standard InChI is InChI=1S/C15H19N3O/c1-11-9-17-10-15(7-8-16)18(11)14-5-3-13(4-6-14)12(2)19/h3-6,11,15,17H,7,9-10H2,1-2H3. The zero-order chi connectivity index (χ0) is 13.8. The zero-order valence-electron chi connectivity index (χ0n) is 11.4. The van der Waals surface area contributed by atoms with Crippen LogP contribution < -0.4 is 10.2 Å². The highest BCUT2D eigenvalue weighted by Crippen LogP contribution is 2.24. The lowest BCUT2D eigenvalue weighted by molar-refractivity contribution is 0.101. The van der Waals surface area contributed by atoms with E-state index in [0.29, 0.717) is 12.5 Å². The molecule has 1 aromatic carbocycles. The number of ketones is 1. The van der Waals surface area contributed by atoms with Crippen LogP contribution in [0.25, 0.3) is 0 Å². The molecule has 1 aliphatic heterocycles. The summed E-state index contributed by atoms with van der Waals surface area (Å²) in [5, 5.41) is 12.3. The number of hydrogen-bond donors (Lipinski definition) is 1. The summed E-state index contributed by atoms with van der Waals surface area (Å²) >= 11 is 0. The van der Waals surface area contributed by atoms with Crippen molar-refractivity contribution in [1.82, 2.24) is 5.32 Å². The maximum atomic E-state index is 11.3. The predicted octanol–water partition coefficient (Wildman–Crippen LogP) is 1.97. The number of nitriles is 1. The van der Waals surface area contributed by atoms with Gasteiger partial charge in [0.1, 0.15) is 0 Å². The minimum absolute atomic E-state index is 0.0773. The van der Waals surface area contributed by atoms with Gasteiger partial charge in [-0.2, -0.15) is 5.26 Å². The van der Waals surface area contributed by atoms with E-state index in [1.807, 2.05) is 24.3 Å². The van der Waals surface area contributed by atoms with Gasteiger partial charge in [0.2, 0.25) is 0 Å². The fourth-order valence-electron chi connectivity index (χ4n) is 2.62. The molecular formula is C15H19N3O. The molecule has 0 bridgehead atoms. The SMILES string of the molecule is CC(=O)c1ccc(N2C(C)CNCC2CC#N)cc1. The average Bonchev–Trinajstić information content (AvgIpc) is 2.39. The van der Waals surface area contributed by atoms with Crippen LogP contribution in [-0.4, -0.2) is 31.0 Å². The molecule has 0 aromatic heterocycles. The molecular weight excluding hydrogens is 238 g/mol. The molecule has 1 N–H and O–H groups in total. The van der Waals surface area contributed by atoms with Crippen LogP contribution in [0.4, 0.5) is 5.69 Å². The van der Waals surface area contributed by atoms with E-state index in [0.717, 1.165) is 24.3 Å². The lowest BCUT2D eigenvalue weighted by atomic mass is 10.0. The fraction of sp³-hybridized carbons (Fsp3) is 0.467. The van der Waals surface area contributed by atoms with E-state index in [4.69, 9.17) is 5.26 Å². The summed E-state index contributed by atoms with van der Waals surface area (Å²) in [6.45, 7) is 5.46. The summed E-state index contributed by atoms with van der Waals surface area (Å²) in [6, 6.07) is 10.5. The molecule has 0 radical (unpaired) electrons. The molecule has 1 fully saturated rings. The molecule has 2 rings (SSSR count). The van der Waals surface area contributed by atoms with Gasteiger partial charge in [-0.25, -0.2) is 0 Å². The number of benzene rings is 1. The Morgan fingerprint density at radius 2 is 2.11 bits per heavy atom. The van der Waals surface area contributed by atoms with E-state index in [2.05, 4.69) is 23.2 Å². The van der Waals surface area contributed by atoms with E-state index < -0.39 is 0 Å². The number of nitrogens with zero attached hydrogens (tertiary/aromatic N) is 2. The Balaban J connectivity index is 2.25. The van der Waals surface area contributed by atoms with Gasteiger partial charge < -0.3 is 10.2 Å². The van der Waals surface area contributed by atoms with Gasteiger partial charge in [0.25, 0.3) is 0 Å². The van der Waals surface area contributed by atoms with Crippen LogP contribution in [0.1, 0.15) is 30.6 Å². The second-order valence-electron chi connectivity index (χ2n) is 5.03. The molecule has 100 valence electrons. The number of anilines is 1. The lowest BCUT2D eigenvalue weighted by Gasteiger charge is -2.42. The number of carbonyl (C=O) groups is 1. The third-order valence-electron chi connectivity index (χ3n) is 3.59. The molecule has 1 heterocycles. The molecule has 2 unspecified atom stereocenters. The van der Waals surface area contributed by atoms with Gasteiger partial charge in [-0.15, -0.1) is 0 Å². The van der Waals surface area contributed by atoms with Gasteiger partial charge in [0.05, 0.1) is 18.5 Å². The zero-order valence-corrected chi connectivity index (χ0v) is 11.4. The van der Waals surface area contributed by atoms with E-state index in [-0.39, 0.29) is 11.8 Å². The van der Waals surface area contributed by atoms with Crippen LogP contribution in [0, 0.1) is 11.3 Å². The molecule has 0 spiro atoms. The van der Waals surface area contributed by atoms with Gasteiger partial charge in [-0.05, 0) is 38.1 Å². The molecule has 0 amide bonds. The Labute approximate surface area is 114 Å². The van der Waals surface area contributed by atoms with Crippen LogP contribution in [-0.2, 0) is 0 Å². The van der Waals surface area contributed by atoms with Crippen molar-refractivity contribution in [3.05, 3.63) is 29.8 Å². The largest absolute Gasteiger partial charge is 0.362 e. The number of Topliss-reactive ketones (excluding diaryl/α,β-unsaturated/α-hetero) is 1. The van der Waals surface area contributed by atoms with Crippen molar-refractivity contribution in [1.29, 1.82) is 5.26 Å². The number of carbonyl (C=O) groups excluding carboxylic acids is 1. The predicted molar refractivity (Wildman–Crippen MR) is 75.3 cm³/mol. The van der Waals surface area contributed by atoms with Gasteiger partial charge in [0.15, 0.2) is 5.78 Å². The highest BCUT2D eigenvalue weighted by Gasteiger charge is 2.27. The second-order valence-corrected chi connectivity index (χ2v) is 5.03. The van der Waals surface area contributed by atoms with Crippen molar-refractivity contribution < 1.29 is 4.79 Å². The van der Waals surface area contributed by atoms with Crippen LogP contribution in [0.3, 0.4) is 0 Å². The van der Waals surface area contributed by atoms with Crippen molar-refractivity contribution >= 4 is 11.5 Å². The average molecular weight is 257 g/mol. The van der Waals surface area contributed by atoms with Crippen LogP contribution in [0.2, 0.25) is 0 Å². The Hall–Kier alpha value is -1.86. The molecule has 1 saturated heterocycles. The summed E-state index contributed by atoms with van der Waals surface area (Å²) in [4.78, 5) is 13.6. The molecule has 4 nitrogen and oxygen atoms in total. The Kier molecular flexibility index (Phi) is 4.18. The van der Waals surface area contributed by atoms with Gasteiger partial charge in [-0.1, -0.05) is 0 Å². The molecule has 4 heteroatoms. The van der Waals surface area contributed by atoms with Gasteiger partial charge in [-0.3, -0.25) is 4.79 Å². The minimum atomic E-state index is 0.0773. The fourth-order valence-corrected chi connectivity index (χ4v) is 2.62. The number of piperazine rings is 1. The normalized spacial score (nSPS) is 22.9. The topological polar surface area (TPSA) is 56.1 Å². The summed E-state index contributed by atoms with van der Waals surface area (Å²) in [7, 11) is 0. The smallest absolute Gasteiger partial charge is 0.159 e. The Morgan fingerprint density at radius 3 is 2.68 bits per heavy atom. The number of rotatable bonds is 3. The third-order valence-corrected chi connectivity index (χ3v) is 3.59. The molecule has 2 atom stereocenters. The quantitative estimate of drug-likeness (QED) is 0.841. The Bertz CT molecular complexity index is 489. The van der Waals surface area contributed by atoms with Crippen molar-refractivity contribution in [3.63, 3.8) is 0 Å². The van der Waals surface area contributed by atoms with E-state index >= 15 is 0 Å². The van der Waals surface area contributed by atoms with Crippen LogP contribution >= 0.6 is 0 Å².